The summed E-state index contributed by atoms with van der Waals surface area (Å²) < 4.78 is 45.4. The molecule has 0 aromatic heterocycles. The summed E-state index contributed by atoms with van der Waals surface area (Å²) in [4.78, 5) is 13.0. The molecule has 0 spiro atoms. The Hall–Kier alpha value is -4.25. The zero-order chi connectivity index (χ0) is 31.7. The van der Waals surface area contributed by atoms with Gasteiger partial charge in [-0.2, -0.15) is 5.10 Å². The Kier molecular flexibility index (Phi) is 11.1. The van der Waals surface area contributed by atoms with E-state index >= 15 is 0 Å². The largest absolute Gasteiger partial charge is 0.495 e. The van der Waals surface area contributed by atoms with E-state index in [-0.39, 0.29) is 21.4 Å². The molecule has 0 heterocycles. The molecular weight excluding hydrogens is 625 g/mol. The highest BCUT2D eigenvalue weighted by Crippen LogP contribution is 2.35. The molecule has 4 aromatic rings. The summed E-state index contributed by atoms with van der Waals surface area (Å²) >= 11 is 12.3. The summed E-state index contributed by atoms with van der Waals surface area (Å²) in [5.41, 5.74) is 4.91. The van der Waals surface area contributed by atoms with Crippen molar-refractivity contribution < 1.29 is 27.4 Å². The van der Waals surface area contributed by atoms with Crippen LogP contribution in [0.25, 0.3) is 0 Å². The van der Waals surface area contributed by atoms with E-state index in [4.69, 9.17) is 37.4 Å². The lowest BCUT2D eigenvalue weighted by molar-refractivity contribution is -0.119. The zero-order valence-electron chi connectivity index (χ0n) is 24.3. The monoisotopic (exact) mass is 655 g/mol. The van der Waals surface area contributed by atoms with Crippen molar-refractivity contribution in [2.75, 3.05) is 24.6 Å². The van der Waals surface area contributed by atoms with Gasteiger partial charge in [0.1, 0.15) is 18.9 Å². The van der Waals surface area contributed by atoms with Crippen molar-refractivity contribution in [3.8, 4) is 17.2 Å². The van der Waals surface area contributed by atoms with E-state index in [1.807, 2.05) is 32.0 Å². The molecule has 0 saturated heterocycles. The van der Waals surface area contributed by atoms with Crippen molar-refractivity contribution in [1.82, 2.24) is 5.43 Å². The first-order chi connectivity index (χ1) is 21.1. The molecule has 0 aliphatic rings. The van der Waals surface area contributed by atoms with Crippen LogP contribution in [0.2, 0.25) is 10.0 Å². The van der Waals surface area contributed by atoms with E-state index < -0.39 is 22.5 Å². The Bertz CT molecular complexity index is 1750. The van der Waals surface area contributed by atoms with Crippen LogP contribution in [-0.4, -0.2) is 40.8 Å². The summed E-state index contributed by atoms with van der Waals surface area (Å²) in [7, 11) is -2.79. The van der Waals surface area contributed by atoms with Gasteiger partial charge in [0.05, 0.1) is 30.5 Å². The second-order valence-corrected chi connectivity index (χ2v) is 12.2. The Morgan fingerprint density at radius 3 is 2.34 bits per heavy atom. The Morgan fingerprint density at radius 1 is 0.909 bits per heavy atom. The van der Waals surface area contributed by atoms with Crippen LogP contribution in [0, 0.1) is 6.92 Å². The molecule has 44 heavy (non-hydrogen) atoms. The molecule has 0 atom stereocenters. The number of sulfonamides is 1. The zero-order valence-corrected chi connectivity index (χ0v) is 26.6. The van der Waals surface area contributed by atoms with Crippen molar-refractivity contribution in [2.45, 2.75) is 25.3 Å². The summed E-state index contributed by atoms with van der Waals surface area (Å²) in [6.45, 7) is 3.81. The lowest BCUT2D eigenvalue weighted by Gasteiger charge is -2.25. The molecule has 0 aliphatic carbocycles. The summed E-state index contributed by atoms with van der Waals surface area (Å²) in [6.07, 6.45) is 1.42. The Morgan fingerprint density at radius 2 is 1.64 bits per heavy atom. The van der Waals surface area contributed by atoms with E-state index in [0.717, 1.165) is 15.4 Å². The minimum Gasteiger partial charge on any atom is -0.495 e. The number of anilines is 1. The summed E-state index contributed by atoms with van der Waals surface area (Å²) in [5.74, 6) is 0.557. The first-order valence-electron chi connectivity index (χ1n) is 13.5. The topological polar surface area (TPSA) is 107 Å². The number of benzene rings is 4. The van der Waals surface area contributed by atoms with Crippen LogP contribution in [0.4, 0.5) is 5.69 Å². The smallest absolute Gasteiger partial charge is 0.264 e. The fourth-order valence-corrected chi connectivity index (χ4v) is 5.92. The fourth-order valence-electron chi connectivity index (χ4n) is 4.12. The number of methoxy groups -OCH3 is 1. The molecule has 0 unspecified atom stereocenters. The standard InChI is InChI=1S/C32H31Cl2N3O6S/c1-4-42-31-17-23(10-14-30(31)43-21-24-6-5-7-25(33)16-24)19-35-36-32(38)20-37(28-18-26(34)11-15-29(28)41-3)44(39,40)27-12-8-22(2)9-13-27/h5-19H,4,20-21H2,1-3H3,(H,36,38)/b35-19-. The number of nitrogens with one attached hydrogen (secondary N) is 1. The van der Waals surface area contributed by atoms with Crippen LogP contribution in [0.15, 0.2) is 94.9 Å². The van der Waals surface area contributed by atoms with Gasteiger partial charge in [-0.25, -0.2) is 13.8 Å². The molecule has 1 amide bonds. The Balaban J connectivity index is 1.52. The predicted octanol–water partition coefficient (Wildman–Crippen LogP) is 6.63. The highest BCUT2D eigenvalue weighted by molar-refractivity contribution is 7.92. The quantitative estimate of drug-likeness (QED) is 0.128. The Labute approximate surface area is 267 Å². The molecule has 0 saturated carbocycles. The van der Waals surface area contributed by atoms with Gasteiger partial charge in [-0.3, -0.25) is 9.10 Å². The fraction of sp³-hybridized carbons (Fsp3) is 0.188. The van der Waals surface area contributed by atoms with Crippen molar-refractivity contribution >= 4 is 51.0 Å². The van der Waals surface area contributed by atoms with Crippen molar-refractivity contribution in [3.63, 3.8) is 0 Å². The van der Waals surface area contributed by atoms with E-state index in [0.29, 0.717) is 35.3 Å². The van der Waals surface area contributed by atoms with Gasteiger partial charge in [-0.1, -0.05) is 53.0 Å². The number of rotatable bonds is 13. The highest BCUT2D eigenvalue weighted by Gasteiger charge is 2.29. The van der Waals surface area contributed by atoms with Crippen LogP contribution < -0.4 is 23.9 Å². The molecule has 0 radical (unpaired) electrons. The third kappa shape index (κ3) is 8.43. The van der Waals surface area contributed by atoms with Crippen LogP contribution >= 0.6 is 23.2 Å². The number of aryl methyl sites for hydroxylation is 1. The number of hydrogen-bond acceptors (Lipinski definition) is 7. The molecule has 230 valence electrons. The minimum atomic E-state index is -4.19. The van der Waals surface area contributed by atoms with Crippen LogP contribution in [-0.2, 0) is 21.4 Å². The van der Waals surface area contributed by atoms with Gasteiger partial charge >= 0.3 is 0 Å². The molecule has 0 aliphatic heterocycles. The highest BCUT2D eigenvalue weighted by atomic mass is 35.5. The van der Waals surface area contributed by atoms with Gasteiger partial charge in [-0.05, 0) is 85.6 Å². The number of ether oxygens (including phenoxy) is 3. The average Bonchev–Trinajstić information content (AvgIpc) is 3.00. The molecule has 1 N–H and O–H groups in total. The maximum Gasteiger partial charge on any atom is 0.264 e. The number of amides is 1. The summed E-state index contributed by atoms with van der Waals surface area (Å²) in [6, 6.07) is 23.4. The van der Waals surface area contributed by atoms with Gasteiger partial charge in [0, 0.05) is 10.0 Å². The lowest BCUT2D eigenvalue weighted by Crippen LogP contribution is -2.39. The third-order valence-electron chi connectivity index (χ3n) is 6.26. The van der Waals surface area contributed by atoms with Gasteiger partial charge in [-0.15, -0.1) is 0 Å². The number of carbonyl (C=O) groups is 1. The normalized spacial score (nSPS) is 11.3. The molecular formula is C32H31Cl2N3O6S. The van der Waals surface area contributed by atoms with E-state index in [9.17, 15) is 13.2 Å². The van der Waals surface area contributed by atoms with Gasteiger partial charge in [0.25, 0.3) is 15.9 Å². The minimum absolute atomic E-state index is 0.00236. The molecule has 4 rings (SSSR count). The van der Waals surface area contributed by atoms with Crippen LogP contribution in [0.1, 0.15) is 23.6 Å². The van der Waals surface area contributed by atoms with Crippen molar-refractivity contribution in [1.29, 1.82) is 0 Å². The van der Waals surface area contributed by atoms with E-state index in [1.165, 1.54) is 37.6 Å². The van der Waals surface area contributed by atoms with Gasteiger partial charge in [0.2, 0.25) is 0 Å². The maximum atomic E-state index is 13.7. The van der Waals surface area contributed by atoms with E-state index in [2.05, 4.69) is 10.5 Å². The summed E-state index contributed by atoms with van der Waals surface area (Å²) in [5, 5.41) is 4.92. The number of halogens is 2. The number of carbonyl (C=O) groups excluding carboxylic acids is 1. The SMILES string of the molecule is CCOc1cc(/C=N\NC(=O)CN(c2cc(Cl)ccc2OC)S(=O)(=O)c2ccc(C)cc2)ccc1OCc1cccc(Cl)c1. The van der Waals surface area contributed by atoms with Crippen LogP contribution in [0.5, 0.6) is 17.2 Å². The van der Waals surface area contributed by atoms with Crippen LogP contribution in [0.3, 0.4) is 0 Å². The number of hydrogen-bond donors (Lipinski definition) is 1. The number of nitrogens with zero attached hydrogens (tertiary/aromatic N) is 2. The molecule has 0 bridgehead atoms. The lowest BCUT2D eigenvalue weighted by atomic mass is 10.2. The number of hydrazone groups is 1. The second-order valence-electron chi connectivity index (χ2n) is 9.49. The molecule has 4 aromatic carbocycles. The van der Waals surface area contributed by atoms with Crippen molar-refractivity contribution in [3.05, 3.63) is 112 Å². The first-order valence-corrected chi connectivity index (χ1v) is 15.7. The van der Waals surface area contributed by atoms with Gasteiger partial charge in [0.15, 0.2) is 11.5 Å². The van der Waals surface area contributed by atoms with Crippen molar-refractivity contribution in [2.24, 2.45) is 5.10 Å². The molecule has 0 fully saturated rings. The molecule has 12 heteroatoms. The van der Waals surface area contributed by atoms with E-state index in [1.54, 1.807) is 42.5 Å². The first kappa shape index (κ1) is 32.7. The third-order valence-corrected chi connectivity index (χ3v) is 8.50. The molecule has 9 nitrogen and oxygen atoms in total. The predicted molar refractivity (Wildman–Crippen MR) is 173 cm³/mol. The maximum absolute atomic E-state index is 13.7. The average molecular weight is 657 g/mol. The van der Waals surface area contributed by atoms with Gasteiger partial charge < -0.3 is 14.2 Å². The second kappa shape index (κ2) is 15.0.